The Balaban J connectivity index is 0.00000300. The first-order valence-electron chi connectivity index (χ1n) is 9.84. The molecule has 0 amide bonds. The van der Waals surface area contributed by atoms with Gasteiger partial charge in [0.15, 0.2) is 0 Å². The van der Waals surface area contributed by atoms with Gasteiger partial charge < -0.3 is 0 Å². The van der Waals surface area contributed by atoms with Gasteiger partial charge in [-0.25, -0.2) is 8.42 Å². The molecule has 0 aromatic heterocycles. The summed E-state index contributed by atoms with van der Waals surface area (Å²) in [5.41, 5.74) is 5.20. The molecule has 0 bridgehead atoms. The fourth-order valence-electron chi connectivity index (χ4n) is 4.16. The zero-order valence-electron chi connectivity index (χ0n) is 17.2. The number of hydrogen-bond donors (Lipinski definition) is 0. The van der Waals surface area contributed by atoms with Crippen LogP contribution >= 0.6 is 0 Å². The second-order valence-corrected chi connectivity index (χ2v) is 9.99. The van der Waals surface area contributed by atoms with Crippen molar-refractivity contribution in [3.63, 3.8) is 0 Å². The number of carbonyl (C=O) groups is 1. The lowest BCUT2D eigenvalue weighted by atomic mass is 9.89. The minimum absolute atomic E-state index is 0. The van der Waals surface area contributed by atoms with E-state index in [2.05, 4.69) is 18.2 Å². The number of hydrogen-bond acceptors (Lipinski definition) is 3. The molecule has 0 spiro atoms. The Hall–Kier alpha value is -1.98. The fraction of sp³-hybridized carbons (Fsp3) is 0.435. The summed E-state index contributed by atoms with van der Waals surface area (Å²) in [5.74, 6) is 0.153. The average Bonchev–Trinajstić information content (AvgIpc) is 2.60. The monoisotopic (exact) mass is 401 g/mol. The summed E-state index contributed by atoms with van der Waals surface area (Å²) in [6.07, 6.45) is 1.61. The first-order chi connectivity index (χ1) is 13.2. The van der Waals surface area contributed by atoms with E-state index >= 15 is 0 Å². The molecule has 0 saturated carbocycles. The van der Waals surface area contributed by atoms with Crippen LogP contribution in [0.5, 0.6) is 0 Å². The standard InChI is InChI=1S/C23H29NO3S.H2/c1-16-5-6-23(19(4)12-16)28(26,27)24-9-7-21(8-10-24)22(25)15-20-13-17(2)11-18(3)14-20;/h5-6,11-14,21H,7-10,15H2,1-4H3;1H. The van der Waals surface area contributed by atoms with Crippen molar-refractivity contribution in [3.05, 3.63) is 64.2 Å². The van der Waals surface area contributed by atoms with E-state index in [1.165, 1.54) is 4.31 Å². The van der Waals surface area contributed by atoms with Gasteiger partial charge in [0.05, 0.1) is 4.90 Å². The number of carbonyl (C=O) groups excluding carboxylic acids is 1. The van der Waals surface area contributed by atoms with Crippen LogP contribution in [0.4, 0.5) is 0 Å². The van der Waals surface area contributed by atoms with Crippen molar-refractivity contribution >= 4 is 15.8 Å². The zero-order chi connectivity index (χ0) is 20.5. The molecule has 2 aromatic rings. The van der Waals surface area contributed by atoms with Gasteiger partial charge in [-0.2, -0.15) is 4.31 Å². The molecule has 0 aliphatic carbocycles. The molecule has 3 rings (SSSR count). The number of sulfonamides is 1. The van der Waals surface area contributed by atoms with Crippen LogP contribution in [0.2, 0.25) is 0 Å². The van der Waals surface area contributed by atoms with E-state index in [1.807, 2.05) is 39.8 Å². The number of aryl methyl sites for hydroxylation is 4. The molecule has 1 aliphatic heterocycles. The Kier molecular flexibility index (Phi) is 6.06. The van der Waals surface area contributed by atoms with Crippen LogP contribution in [0, 0.1) is 33.6 Å². The molecule has 0 atom stereocenters. The Morgan fingerprint density at radius 1 is 0.964 bits per heavy atom. The predicted octanol–water partition coefficient (Wildman–Crippen LogP) is 4.38. The van der Waals surface area contributed by atoms with Gasteiger partial charge in [-0.15, -0.1) is 0 Å². The van der Waals surface area contributed by atoms with Crippen molar-refractivity contribution in [3.8, 4) is 0 Å². The maximum atomic E-state index is 13.0. The van der Waals surface area contributed by atoms with Gasteiger partial charge in [-0.05, 0) is 57.7 Å². The fourth-order valence-corrected chi connectivity index (χ4v) is 5.84. The smallest absolute Gasteiger partial charge is 0.243 e. The minimum atomic E-state index is -3.51. The van der Waals surface area contributed by atoms with Crippen LogP contribution in [-0.2, 0) is 21.2 Å². The molecule has 1 saturated heterocycles. The van der Waals surface area contributed by atoms with E-state index in [4.69, 9.17) is 0 Å². The quantitative estimate of drug-likeness (QED) is 0.747. The molecule has 28 heavy (non-hydrogen) atoms. The first-order valence-corrected chi connectivity index (χ1v) is 11.3. The van der Waals surface area contributed by atoms with Gasteiger partial charge in [0.2, 0.25) is 10.0 Å². The van der Waals surface area contributed by atoms with Gasteiger partial charge in [0, 0.05) is 26.9 Å². The summed E-state index contributed by atoms with van der Waals surface area (Å²) >= 11 is 0. The molecule has 1 fully saturated rings. The third kappa shape index (κ3) is 4.53. The second-order valence-electron chi connectivity index (χ2n) is 8.09. The van der Waals surface area contributed by atoms with E-state index in [1.54, 1.807) is 6.07 Å². The maximum Gasteiger partial charge on any atom is 0.243 e. The van der Waals surface area contributed by atoms with Crippen molar-refractivity contribution in [2.75, 3.05) is 13.1 Å². The average molecular weight is 402 g/mol. The summed E-state index contributed by atoms with van der Waals surface area (Å²) in [6, 6.07) is 11.6. The third-order valence-electron chi connectivity index (χ3n) is 5.52. The van der Waals surface area contributed by atoms with Crippen molar-refractivity contribution < 1.29 is 14.6 Å². The molecule has 1 aliphatic rings. The number of nitrogens with zero attached hydrogens (tertiary/aromatic N) is 1. The maximum absolute atomic E-state index is 13.0. The Morgan fingerprint density at radius 3 is 2.14 bits per heavy atom. The molecule has 1 heterocycles. The van der Waals surface area contributed by atoms with E-state index in [-0.39, 0.29) is 13.1 Å². The largest absolute Gasteiger partial charge is 0.299 e. The molecular formula is C23H31NO3S. The van der Waals surface area contributed by atoms with Crippen LogP contribution in [0.15, 0.2) is 41.3 Å². The van der Waals surface area contributed by atoms with E-state index in [0.717, 1.165) is 27.8 Å². The van der Waals surface area contributed by atoms with Crippen molar-refractivity contribution in [1.82, 2.24) is 4.31 Å². The molecule has 4 nitrogen and oxygen atoms in total. The summed E-state index contributed by atoms with van der Waals surface area (Å²) in [5, 5.41) is 0. The molecule has 2 aromatic carbocycles. The van der Waals surface area contributed by atoms with Crippen LogP contribution in [0.3, 0.4) is 0 Å². The number of Topliss-reactive ketones (excluding diaryl/α,β-unsaturated/α-hetero) is 1. The second kappa shape index (κ2) is 8.18. The van der Waals surface area contributed by atoms with Gasteiger partial charge in [-0.3, -0.25) is 4.79 Å². The lowest BCUT2D eigenvalue weighted by Gasteiger charge is -2.31. The van der Waals surface area contributed by atoms with Crippen LogP contribution in [0.1, 0.15) is 42.1 Å². The normalized spacial score (nSPS) is 16.3. The van der Waals surface area contributed by atoms with Gasteiger partial charge in [-0.1, -0.05) is 47.0 Å². The lowest BCUT2D eigenvalue weighted by molar-refractivity contribution is -0.123. The highest BCUT2D eigenvalue weighted by Crippen LogP contribution is 2.27. The topological polar surface area (TPSA) is 54.5 Å². The molecule has 0 radical (unpaired) electrons. The molecule has 152 valence electrons. The Bertz CT molecular complexity index is 973. The van der Waals surface area contributed by atoms with Crippen LogP contribution in [-0.4, -0.2) is 31.6 Å². The molecular weight excluding hydrogens is 370 g/mol. The number of rotatable bonds is 5. The van der Waals surface area contributed by atoms with Crippen molar-refractivity contribution in [2.45, 2.75) is 51.9 Å². The number of benzene rings is 2. The highest BCUT2D eigenvalue weighted by Gasteiger charge is 2.32. The van der Waals surface area contributed by atoms with Gasteiger partial charge >= 0.3 is 0 Å². The highest BCUT2D eigenvalue weighted by atomic mass is 32.2. The molecule has 0 unspecified atom stereocenters. The highest BCUT2D eigenvalue weighted by molar-refractivity contribution is 7.89. The summed E-state index contributed by atoms with van der Waals surface area (Å²) in [4.78, 5) is 13.1. The molecule has 5 heteroatoms. The van der Waals surface area contributed by atoms with E-state index in [9.17, 15) is 13.2 Å². The molecule has 0 N–H and O–H groups in total. The summed E-state index contributed by atoms with van der Waals surface area (Å²) < 4.78 is 27.5. The lowest BCUT2D eigenvalue weighted by Crippen LogP contribution is -2.40. The van der Waals surface area contributed by atoms with Crippen LogP contribution < -0.4 is 0 Å². The van der Waals surface area contributed by atoms with E-state index in [0.29, 0.717) is 37.2 Å². The van der Waals surface area contributed by atoms with Gasteiger partial charge in [0.1, 0.15) is 5.78 Å². The summed E-state index contributed by atoms with van der Waals surface area (Å²) in [7, 11) is -3.51. The SMILES string of the molecule is Cc1cc(C)cc(CC(=O)C2CCN(S(=O)(=O)c3ccc(C)cc3C)CC2)c1.[HH]. The Morgan fingerprint density at radius 2 is 1.57 bits per heavy atom. The zero-order valence-corrected chi connectivity index (χ0v) is 18.0. The number of piperidine rings is 1. The predicted molar refractivity (Wildman–Crippen MR) is 114 cm³/mol. The minimum Gasteiger partial charge on any atom is -0.299 e. The van der Waals surface area contributed by atoms with Gasteiger partial charge in [0.25, 0.3) is 0 Å². The third-order valence-corrected chi connectivity index (χ3v) is 7.58. The number of ketones is 1. The van der Waals surface area contributed by atoms with Crippen molar-refractivity contribution in [1.29, 1.82) is 0 Å². The van der Waals surface area contributed by atoms with Crippen molar-refractivity contribution in [2.24, 2.45) is 5.92 Å². The van der Waals surface area contributed by atoms with E-state index < -0.39 is 10.0 Å². The van der Waals surface area contributed by atoms with Crippen LogP contribution in [0.25, 0.3) is 0 Å². The first kappa shape index (κ1) is 20.7. The Labute approximate surface area is 170 Å². The summed E-state index contributed by atoms with van der Waals surface area (Å²) in [6.45, 7) is 8.67.